The van der Waals surface area contributed by atoms with Gasteiger partial charge in [-0.05, 0) is 109 Å². The van der Waals surface area contributed by atoms with Gasteiger partial charge in [-0.2, -0.15) is 0 Å². The van der Waals surface area contributed by atoms with Gasteiger partial charge >= 0.3 is 0 Å². The minimum atomic E-state index is 1.16. The second-order valence-electron chi connectivity index (χ2n) is 13.4. The van der Waals surface area contributed by atoms with Crippen LogP contribution in [0.4, 0.5) is 0 Å². The van der Waals surface area contributed by atoms with Crippen molar-refractivity contribution in [3.8, 4) is 50.2 Å². The van der Waals surface area contributed by atoms with E-state index in [1.54, 1.807) is 0 Å². The quantitative estimate of drug-likeness (QED) is 0.175. The molecule has 238 valence electrons. The smallest absolute Gasteiger partial charge is 0.0547 e. The Bertz CT molecular complexity index is 2880. The van der Waals surface area contributed by atoms with Gasteiger partial charge in [-0.15, -0.1) is 0 Å². The standard InChI is InChI=1S/C50H33N/c1-2-8-34(9-3-1)36-24-27-46(28-25-36)51-49-13-7-6-12-47(49)48-29-26-45(33-50(48)51)38-16-14-37(15-17-38)40-20-21-43-32-44(23-22-42(43)31-40)41-19-18-35-10-4-5-11-39(35)30-41/h1-33H. The number of nitrogens with zero attached hydrogens (tertiary/aromatic N) is 1. The fraction of sp³-hybridized carbons (Fsp3) is 0. The molecule has 51 heavy (non-hydrogen) atoms. The van der Waals surface area contributed by atoms with Gasteiger partial charge in [-0.3, -0.25) is 0 Å². The van der Waals surface area contributed by atoms with Crippen molar-refractivity contribution in [3.05, 3.63) is 200 Å². The lowest BCUT2D eigenvalue weighted by Gasteiger charge is -2.11. The average molecular weight is 648 g/mol. The SMILES string of the molecule is c1ccc(-c2ccc(-n3c4ccccc4c4ccc(-c5ccc(-c6ccc7cc(-c8ccc9ccccc9c8)ccc7c6)cc5)cc43)cc2)cc1. The van der Waals surface area contributed by atoms with Crippen molar-refractivity contribution in [2.24, 2.45) is 0 Å². The zero-order chi connectivity index (χ0) is 33.7. The van der Waals surface area contributed by atoms with Crippen LogP contribution in [-0.2, 0) is 0 Å². The summed E-state index contributed by atoms with van der Waals surface area (Å²) < 4.78 is 2.40. The molecule has 1 aromatic heterocycles. The lowest BCUT2D eigenvalue weighted by Crippen LogP contribution is -1.94. The normalized spacial score (nSPS) is 11.5. The maximum Gasteiger partial charge on any atom is 0.0547 e. The van der Waals surface area contributed by atoms with Gasteiger partial charge in [0.05, 0.1) is 11.0 Å². The highest BCUT2D eigenvalue weighted by molar-refractivity contribution is 6.10. The Morgan fingerprint density at radius 2 is 0.647 bits per heavy atom. The molecular weight excluding hydrogens is 615 g/mol. The van der Waals surface area contributed by atoms with Crippen molar-refractivity contribution >= 4 is 43.4 Å². The molecule has 9 aromatic carbocycles. The van der Waals surface area contributed by atoms with Gasteiger partial charge < -0.3 is 4.57 Å². The van der Waals surface area contributed by atoms with Crippen molar-refractivity contribution in [1.82, 2.24) is 4.57 Å². The molecule has 0 aliphatic carbocycles. The second-order valence-corrected chi connectivity index (χ2v) is 13.4. The number of aromatic nitrogens is 1. The monoisotopic (exact) mass is 647 g/mol. The highest BCUT2D eigenvalue weighted by Gasteiger charge is 2.14. The zero-order valence-corrected chi connectivity index (χ0v) is 28.0. The largest absolute Gasteiger partial charge is 0.309 e. The first-order valence-electron chi connectivity index (χ1n) is 17.6. The third-order valence-electron chi connectivity index (χ3n) is 10.4. The van der Waals surface area contributed by atoms with Crippen LogP contribution in [0.1, 0.15) is 0 Å². The molecule has 0 saturated carbocycles. The number of benzene rings is 9. The van der Waals surface area contributed by atoms with E-state index in [9.17, 15) is 0 Å². The molecule has 0 bridgehead atoms. The van der Waals surface area contributed by atoms with Crippen LogP contribution >= 0.6 is 0 Å². The summed E-state index contributed by atoms with van der Waals surface area (Å²) in [6, 6.07) is 73.0. The molecule has 10 aromatic rings. The van der Waals surface area contributed by atoms with Crippen LogP contribution in [0, 0.1) is 0 Å². The van der Waals surface area contributed by atoms with Crippen molar-refractivity contribution in [3.63, 3.8) is 0 Å². The van der Waals surface area contributed by atoms with Crippen molar-refractivity contribution in [2.75, 3.05) is 0 Å². The van der Waals surface area contributed by atoms with E-state index in [0.29, 0.717) is 0 Å². The Kier molecular flexibility index (Phi) is 6.89. The van der Waals surface area contributed by atoms with E-state index in [1.165, 1.54) is 87.9 Å². The Morgan fingerprint density at radius 1 is 0.235 bits per heavy atom. The molecule has 0 amide bonds. The summed E-state index contributed by atoms with van der Waals surface area (Å²) in [5.74, 6) is 0. The molecule has 1 nitrogen and oxygen atoms in total. The van der Waals surface area contributed by atoms with Gasteiger partial charge in [0, 0.05) is 16.5 Å². The number of hydrogen-bond donors (Lipinski definition) is 0. The molecule has 0 saturated heterocycles. The Morgan fingerprint density at radius 3 is 1.33 bits per heavy atom. The second kappa shape index (κ2) is 12.0. The molecule has 0 aliphatic rings. The molecule has 0 radical (unpaired) electrons. The first-order chi connectivity index (χ1) is 25.2. The van der Waals surface area contributed by atoms with Gasteiger partial charge in [0.2, 0.25) is 0 Å². The summed E-state index contributed by atoms with van der Waals surface area (Å²) in [6.07, 6.45) is 0. The molecule has 10 rings (SSSR count). The first kappa shape index (κ1) is 29.2. The molecule has 1 heteroatoms. The average Bonchev–Trinajstić information content (AvgIpc) is 3.54. The molecular formula is C50H33N. The summed E-state index contributed by atoms with van der Waals surface area (Å²) in [6.45, 7) is 0. The van der Waals surface area contributed by atoms with E-state index in [1.807, 2.05) is 0 Å². The predicted molar refractivity (Wildman–Crippen MR) is 218 cm³/mol. The fourth-order valence-corrected chi connectivity index (χ4v) is 7.69. The zero-order valence-electron chi connectivity index (χ0n) is 28.0. The third-order valence-corrected chi connectivity index (χ3v) is 10.4. The van der Waals surface area contributed by atoms with Crippen LogP contribution in [0.25, 0.3) is 93.5 Å². The summed E-state index contributed by atoms with van der Waals surface area (Å²) in [5.41, 5.74) is 13.4. The van der Waals surface area contributed by atoms with Crippen LogP contribution in [0.15, 0.2) is 200 Å². The topological polar surface area (TPSA) is 4.93 Å². The molecule has 0 spiro atoms. The van der Waals surface area contributed by atoms with Gasteiger partial charge in [0.25, 0.3) is 0 Å². The molecule has 0 unspecified atom stereocenters. The van der Waals surface area contributed by atoms with Crippen LogP contribution in [-0.4, -0.2) is 4.57 Å². The van der Waals surface area contributed by atoms with Crippen LogP contribution in [0.5, 0.6) is 0 Å². The van der Waals surface area contributed by atoms with E-state index in [-0.39, 0.29) is 0 Å². The van der Waals surface area contributed by atoms with Gasteiger partial charge in [0.15, 0.2) is 0 Å². The molecule has 0 aliphatic heterocycles. The summed E-state index contributed by atoms with van der Waals surface area (Å²) in [5, 5.41) is 7.56. The highest BCUT2D eigenvalue weighted by Crippen LogP contribution is 2.36. The van der Waals surface area contributed by atoms with Crippen LogP contribution in [0.3, 0.4) is 0 Å². The van der Waals surface area contributed by atoms with E-state index in [4.69, 9.17) is 0 Å². The van der Waals surface area contributed by atoms with Crippen molar-refractivity contribution in [2.45, 2.75) is 0 Å². The van der Waals surface area contributed by atoms with E-state index in [2.05, 4.69) is 205 Å². The summed E-state index contributed by atoms with van der Waals surface area (Å²) in [4.78, 5) is 0. The highest BCUT2D eigenvalue weighted by atomic mass is 15.0. The van der Waals surface area contributed by atoms with E-state index >= 15 is 0 Å². The van der Waals surface area contributed by atoms with Gasteiger partial charge in [0.1, 0.15) is 0 Å². The number of para-hydroxylation sites is 1. The lowest BCUT2D eigenvalue weighted by molar-refractivity contribution is 1.18. The predicted octanol–water partition coefficient (Wildman–Crippen LogP) is 13.8. The van der Waals surface area contributed by atoms with Crippen LogP contribution < -0.4 is 0 Å². The molecule has 0 fully saturated rings. The Balaban J connectivity index is 0.973. The minimum absolute atomic E-state index is 1.16. The van der Waals surface area contributed by atoms with Gasteiger partial charge in [-0.25, -0.2) is 0 Å². The van der Waals surface area contributed by atoms with Crippen molar-refractivity contribution in [1.29, 1.82) is 0 Å². The third kappa shape index (κ3) is 5.19. The molecule has 1 heterocycles. The Labute approximate surface area is 297 Å². The summed E-state index contributed by atoms with van der Waals surface area (Å²) >= 11 is 0. The lowest BCUT2D eigenvalue weighted by atomic mass is 9.95. The maximum atomic E-state index is 2.40. The number of rotatable bonds is 5. The molecule has 0 atom stereocenters. The van der Waals surface area contributed by atoms with Crippen LogP contribution in [0.2, 0.25) is 0 Å². The van der Waals surface area contributed by atoms with E-state index < -0.39 is 0 Å². The van der Waals surface area contributed by atoms with E-state index in [0.717, 1.165) is 5.69 Å². The summed E-state index contributed by atoms with van der Waals surface area (Å²) in [7, 11) is 0. The number of fused-ring (bicyclic) bond motifs is 5. The van der Waals surface area contributed by atoms with Gasteiger partial charge in [-0.1, -0.05) is 158 Å². The fourth-order valence-electron chi connectivity index (χ4n) is 7.69. The minimum Gasteiger partial charge on any atom is -0.309 e. The molecule has 0 N–H and O–H groups in total. The first-order valence-corrected chi connectivity index (χ1v) is 17.6. The maximum absolute atomic E-state index is 2.40. The number of hydrogen-bond acceptors (Lipinski definition) is 0. The Hall–Kier alpha value is -6.70. The van der Waals surface area contributed by atoms with Crippen molar-refractivity contribution < 1.29 is 0 Å².